The molecule has 1 unspecified atom stereocenters. The van der Waals surface area contributed by atoms with Gasteiger partial charge in [0.05, 0.1) is 6.10 Å². The Bertz CT molecular complexity index is 139. The van der Waals surface area contributed by atoms with Gasteiger partial charge in [0, 0.05) is 12.6 Å². The van der Waals surface area contributed by atoms with Gasteiger partial charge in [-0.1, -0.05) is 6.92 Å². The van der Waals surface area contributed by atoms with Gasteiger partial charge < -0.3 is 21.9 Å². The van der Waals surface area contributed by atoms with Crippen molar-refractivity contribution >= 4 is 5.96 Å². The molecule has 0 aromatic carbocycles. The van der Waals surface area contributed by atoms with Gasteiger partial charge in [-0.3, -0.25) is 5.41 Å². The summed E-state index contributed by atoms with van der Waals surface area (Å²) in [6.07, 6.45) is 0.814. The van der Waals surface area contributed by atoms with Gasteiger partial charge in [-0.05, 0) is 12.8 Å². The van der Waals surface area contributed by atoms with E-state index in [0.717, 1.165) is 0 Å². The van der Waals surface area contributed by atoms with E-state index in [1.807, 2.05) is 6.92 Å². The lowest BCUT2D eigenvalue weighted by molar-refractivity contribution is 0.137. The Hall–Kier alpha value is -0.810. The highest BCUT2D eigenvalue weighted by atomic mass is 16.3. The molecule has 0 aliphatic heterocycles. The summed E-state index contributed by atoms with van der Waals surface area (Å²) in [5.41, 5.74) is 10.7. The van der Waals surface area contributed by atoms with Crippen LogP contribution in [0.4, 0.5) is 0 Å². The summed E-state index contributed by atoms with van der Waals surface area (Å²) in [5, 5.41) is 18.7. The fraction of sp³-hybridized carbons (Fsp3) is 0.857. The molecule has 72 valence electrons. The maximum Gasteiger partial charge on any atom is 0.185 e. The van der Waals surface area contributed by atoms with Crippen molar-refractivity contribution in [2.24, 2.45) is 11.5 Å². The molecule has 0 fully saturated rings. The molecular weight excluding hydrogens is 156 g/mol. The van der Waals surface area contributed by atoms with Crippen LogP contribution < -0.4 is 16.8 Å². The SMILES string of the molecule is CCC(O)[C@H](N)CCNC(=N)N. The van der Waals surface area contributed by atoms with Gasteiger partial charge in [0.25, 0.3) is 0 Å². The van der Waals surface area contributed by atoms with Crippen LogP contribution in [0.3, 0.4) is 0 Å². The monoisotopic (exact) mass is 174 g/mol. The summed E-state index contributed by atoms with van der Waals surface area (Å²) in [7, 11) is 0. The standard InChI is InChI=1S/C7H18N4O/c1-2-6(12)5(8)3-4-11-7(9)10/h5-6,12H,2-4,8H2,1H3,(H4,9,10,11)/t5-,6?/m1/s1. The molecule has 0 aliphatic carbocycles. The van der Waals surface area contributed by atoms with Crippen LogP contribution in [0.5, 0.6) is 0 Å². The van der Waals surface area contributed by atoms with Crippen molar-refractivity contribution in [1.29, 1.82) is 5.41 Å². The minimum Gasteiger partial charge on any atom is -0.392 e. The smallest absolute Gasteiger partial charge is 0.185 e. The number of guanidine groups is 1. The summed E-state index contributed by atoms with van der Waals surface area (Å²) >= 11 is 0. The number of rotatable bonds is 5. The molecule has 5 nitrogen and oxygen atoms in total. The Kier molecular flexibility index (Phi) is 5.40. The minimum atomic E-state index is -0.459. The van der Waals surface area contributed by atoms with E-state index >= 15 is 0 Å². The van der Waals surface area contributed by atoms with Gasteiger partial charge >= 0.3 is 0 Å². The van der Waals surface area contributed by atoms with E-state index in [4.69, 9.17) is 16.9 Å². The van der Waals surface area contributed by atoms with Crippen LogP contribution in [0.2, 0.25) is 0 Å². The maximum absolute atomic E-state index is 9.25. The summed E-state index contributed by atoms with van der Waals surface area (Å²) in [6.45, 7) is 2.41. The van der Waals surface area contributed by atoms with Gasteiger partial charge in [-0.15, -0.1) is 0 Å². The number of hydrogen-bond acceptors (Lipinski definition) is 3. The highest BCUT2D eigenvalue weighted by molar-refractivity contribution is 5.74. The van der Waals surface area contributed by atoms with E-state index in [9.17, 15) is 5.11 Å². The molecule has 0 radical (unpaired) electrons. The average Bonchev–Trinajstić information content (AvgIpc) is 2.02. The molecule has 0 amide bonds. The first-order valence-corrected chi connectivity index (χ1v) is 4.09. The minimum absolute atomic E-state index is 0.0619. The molecule has 0 spiro atoms. The number of nitrogens with two attached hydrogens (primary N) is 2. The Morgan fingerprint density at radius 3 is 2.67 bits per heavy atom. The van der Waals surface area contributed by atoms with Crippen LogP contribution in [0.25, 0.3) is 0 Å². The van der Waals surface area contributed by atoms with Crippen molar-refractivity contribution in [3.8, 4) is 0 Å². The van der Waals surface area contributed by atoms with Crippen molar-refractivity contribution in [2.45, 2.75) is 31.9 Å². The highest BCUT2D eigenvalue weighted by Gasteiger charge is 2.11. The van der Waals surface area contributed by atoms with Crippen molar-refractivity contribution < 1.29 is 5.11 Å². The summed E-state index contributed by atoms with van der Waals surface area (Å²) in [5.74, 6) is -0.0619. The fourth-order valence-electron chi connectivity index (χ4n) is 0.869. The average molecular weight is 174 g/mol. The van der Waals surface area contributed by atoms with Crippen molar-refractivity contribution in [1.82, 2.24) is 5.32 Å². The Morgan fingerprint density at radius 2 is 2.25 bits per heavy atom. The second-order valence-electron chi connectivity index (χ2n) is 2.77. The third-order valence-corrected chi connectivity index (χ3v) is 1.71. The summed E-state index contributed by atoms with van der Waals surface area (Å²) < 4.78 is 0. The van der Waals surface area contributed by atoms with Gasteiger partial charge in [0.2, 0.25) is 0 Å². The van der Waals surface area contributed by atoms with E-state index in [1.165, 1.54) is 0 Å². The summed E-state index contributed by atoms with van der Waals surface area (Å²) in [6, 6.07) is -0.234. The molecule has 0 aromatic heterocycles. The van der Waals surface area contributed by atoms with Crippen molar-refractivity contribution in [3.05, 3.63) is 0 Å². The van der Waals surface area contributed by atoms with Crippen LogP contribution in [0.15, 0.2) is 0 Å². The highest BCUT2D eigenvalue weighted by Crippen LogP contribution is 1.98. The quantitative estimate of drug-likeness (QED) is 0.271. The maximum atomic E-state index is 9.25. The molecule has 0 heterocycles. The lowest BCUT2D eigenvalue weighted by Crippen LogP contribution is -2.39. The first kappa shape index (κ1) is 11.2. The molecule has 0 bridgehead atoms. The lowest BCUT2D eigenvalue weighted by atomic mass is 10.1. The molecule has 0 saturated heterocycles. The molecule has 2 atom stereocenters. The Morgan fingerprint density at radius 1 is 1.67 bits per heavy atom. The van der Waals surface area contributed by atoms with Gasteiger partial charge in [0.15, 0.2) is 5.96 Å². The second kappa shape index (κ2) is 5.79. The van der Waals surface area contributed by atoms with Crippen LogP contribution in [-0.2, 0) is 0 Å². The zero-order valence-corrected chi connectivity index (χ0v) is 7.38. The van der Waals surface area contributed by atoms with Crippen LogP contribution in [0, 0.1) is 5.41 Å². The molecular formula is C7H18N4O. The molecule has 0 rings (SSSR count). The zero-order valence-electron chi connectivity index (χ0n) is 7.38. The largest absolute Gasteiger partial charge is 0.392 e. The normalized spacial score (nSPS) is 15.2. The summed E-state index contributed by atoms with van der Waals surface area (Å²) in [4.78, 5) is 0. The first-order valence-electron chi connectivity index (χ1n) is 4.09. The predicted octanol–water partition coefficient (Wildman–Crippen LogP) is -1.04. The molecule has 12 heavy (non-hydrogen) atoms. The van der Waals surface area contributed by atoms with Crippen LogP contribution in [0.1, 0.15) is 19.8 Å². The predicted molar refractivity (Wildman–Crippen MR) is 48.8 cm³/mol. The lowest BCUT2D eigenvalue weighted by Gasteiger charge is -2.16. The first-order chi connectivity index (χ1) is 5.57. The molecule has 0 aromatic rings. The number of aliphatic hydroxyl groups excluding tert-OH is 1. The fourth-order valence-corrected chi connectivity index (χ4v) is 0.869. The van der Waals surface area contributed by atoms with Gasteiger partial charge in [-0.25, -0.2) is 0 Å². The topological polar surface area (TPSA) is 108 Å². The zero-order chi connectivity index (χ0) is 9.56. The molecule has 7 N–H and O–H groups in total. The van der Waals surface area contributed by atoms with Crippen LogP contribution >= 0.6 is 0 Å². The van der Waals surface area contributed by atoms with Crippen molar-refractivity contribution in [3.63, 3.8) is 0 Å². The van der Waals surface area contributed by atoms with E-state index < -0.39 is 6.10 Å². The number of hydrogen-bond donors (Lipinski definition) is 5. The Labute approximate surface area is 72.6 Å². The molecule has 5 heteroatoms. The van der Waals surface area contributed by atoms with E-state index in [-0.39, 0.29) is 12.0 Å². The van der Waals surface area contributed by atoms with E-state index in [0.29, 0.717) is 19.4 Å². The third-order valence-electron chi connectivity index (χ3n) is 1.71. The molecule has 0 saturated carbocycles. The van der Waals surface area contributed by atoms with E-state index in [2.05, 4.69) is 5.32 Å². The molecule has 0 aliphatic rings. The van der Waals surface area contributed by atoms with Gasteiger partial charge in [0.1, 0.15) is 0 Å². The van der Waals surface area contributed by atoms with Crippen LogP contribution in [-0.4, -0.2) is 29.8 Å². The van der Waals surface area contributed by atoms with Gasteiger partial charge in [-0.2, -0.15) is 0 Å². The third kappa shape index (κ3) is 4.92. The Balaban J connectivity index is 3.43. The number of nitrogens with one attached hydrogen (secondary N) is 2. The van der Waals surface area contributed by atoms with Crippen molar-refractivity contribution in [2.75, 3.05) is 6.54 Å². The van der Waals surface area contributed by atoms with E-state index in [1.54, 1.807) is 0 Å². The number of aliphatic hydroxyl groups is 1. The second-order valence-corrected chi connectivity index (χ2v) is 2.77.